The van der Waals surface area contributed by atoms with Gasteiger partial charge in [0.1, 0.15) is 35.3 Å². The Morgan fingerprint density at radius 1 is 0.875 bits per heavy atom. The van der Waals surface area contributed by atoms with Gasteiger partial charge in [-0.3, -0.25) is 0 Å². The molecule has 0 saturated carbocycles. The van der Waals surface area contributed by atoms with Crippen LogP contribution in [0.15, 0.2) is 54.9 Å². The zero-order valence-electron chi connectivity index (χ0n) is 12.3. The molecule has 2 N–H and O–H groups in total. The van der Waals surface area contributed by atoms with Crippen LogP contribution < -0.4 is 10.6 Å². The molecule has 0 spiro atoms. The van der Waals surface area contributed by atoms with Gasteiger partial charge in [-0.15, -0.1) is 0 Å². The van der Waals surface area contributed by atoms with E-state index in [1.807, 2.05) is 6.07 Å². The summed E-state index contributed by atoms with van der Waals surface area (Å²) in [5, 5.41) is 14.5. The van der Waals surface area contributed by atoms with Crippen molar-refractivity contribution in [2.45, 2.75) is 0 Å². The first kappa shape index (κ1) is 15.4. The van der Waals surface area contributed by atoms with E-state index in [1.165, 1.54) is 18.5 Å². The quantitative estimate of drug-likeness (QED) is 0.756. The van der Waals surface area contributed by atoms with Crippen LogP contribution in [0.3, 0.4) is 0 Å². The lowest BCUT2D eigenvalue weighted by molar-refractivity contribution is 0.590. The van der Waals surface area contributed by atoms with Crippen LogP contribution >= 0.6 is 0 Å². The first-order chi connectivity index (χ1) is 11.7. The maximum atomic E-state index is 13.7. The number of anilines is 4. The maximum absolute atomic E-state index is 13.7. The van der Waals surface area contributed by atoms with E-state index in [1.54, 1.807) is 24.3 Å². The number of nitriles is 1. The van der Waals surface area contributed by atoms with Crippen molar-refractivity contribution in [2.24, 2.45) is 0 Å². The van der Waals surface area contributed by atoms with Crippen LogP contribution in [0.1, 0.15) is 5.56 Å². The van der Waals surface area contributed by atoms with Crippen LogP contribution in [0.2, 0.25) is 0 Å². The third kappa shape index (κ3) is 3.44. The molecule has 0 amide bonds. The second-order valence-electron chi connectivity index (χ2n) is 4.83. The molecule has 3 aromatic rings. The normalized spacial score (nSPS) is 10.0. The highest BCUT2D eigenvalue weighted by Gasteiger charge is 2.09. The summed E-state index contributed by atoms with van der Waals surface area (Å²) in [6.45, 7) is 0. The molecule has 0 atom stereocenters. The zero-order valence-corrected chi connectivity index (χ0v) is 12.3. The van der Waals surface area contributed by atoms with Gasteiger partial charge in [0.05, 0.1) is 11.6 Å². The van der Waals surface area contributed by atoms with E-state index in [4.69, 9.17) is 5.26 Å². The predicted molar refractivity (Wildman–Crippen MR) is 86.1 cm³/mol. The second kappa shape index (κ2) is 6.71. The summed E-state index contributed by atoms with van der Waals surface area (Å²) < 4.78 is 27.3. The minimum Gasteiger partial charge on any atom is -0.340 e. The summed E-state index contributed by atoms with van der Waals surface area (Å²) in [6.07, 6.45) is 1.26. The molecule has 3 rings (SSSR count). The van der Waals surface area contributed by atoms with Gasteiger partial charge in [0.15, 0.2) is 0 Å². The summed E-state index contributed by atoms with van der Waals surface area (Å²) in [4.78, 5) is 7.99. The smallest absolute Gasteiger partial charge is 0.149 e. The van der Waals surface area contributed by atoms with Gasteiger partial charge in [0.2, 0.25) is 0 Å². The molecule has 0 aliphatic carbocycles. The first-order valence-electron chi connectivity index (χ1n) is 6.96. The number of aromatic nitrogens is 2. The van der Waals surface area contributed by atoms with Gasteiger partial charge in [-0.1, -0.05) is 12.1 Å². The average Bonchev–Trinajstić information content (AvgIpc) is 2.59. The second-order valence-corrected chi connectivity index (χ2v) is 4.83. The lowest BCUT2D eigenvalue weighted by Crippen LogP contribution is -2.01. The third-order valence-electron chi connectivity index (χ3n) is 3.15. The summed E-state index contributed by atoms with van der Waals surface area (Å²) in [7, 11) is 0. The molecule has 24 heavy (non-hydrogen) atoms. The SMILES string of the molecule is N#Cc1cccc(Nc2cc(Nc3c(F)cccc3F)ncn2)c1. The largest absolute Gasteiger partial charge is 0.340 e. The van der Waals surface area contributed by atoms with Gasteiger partial charge in [0, 0.05) is 11.8 Å². The number of hydrogen-bond acceptors (Lipinski definition) is 5. The van der Waals surface area contributed by atoms with Crippen molar-refractivity contribution in [1.29, 1.82) is 5.26 Å². The van der Waals surface area contributed by atoms with Crippen molar-refractivity contribution in [3.63, 3.8) is 0 Å². The number of benzene rings is 2. The molecule has 0 unspecified atom stereocenters. The summed E-state index contributed by atoms with van der Waals surface area (Å²) in [5.41, 5.74) is 0.880. The molecule has 0 fully saturated rings. The number of rotatable bonds is 4. The van der Waals surface area contributed by atoms with Gasteiger partial charge in [-0.25, -0.2) is 18.7 Å². The molecule has 118 valence electrons. The highest BCUT2D eigenvalue weighted by molar-refractivity contribution is 5.64. The lowest BCUT2D eigenvalue weighted by atomic mass is 10.2. The Bertz CT molecular complexity index is 901. The van der Waals surface area contributed by atoms with Gasteiger partial charge in [-0.2, -0.15) is 5.26 Å². The number of nitrogens with one attached hydrogen (secondary N) is 2. The summed E-state index contributed by atoms with van der Waals surface area (Å²) in [6, 6.07) is 14.0. The fourth-order valence-corrected chi connectivity index (χ4v) is 2.05. The van der Waals surface area contributed by atoms with Gasteiger partial charge >= 0.3 is 0 Å². The van der Waals surface area contributed by atoms with Crippen LogP contribution in [0, 0.1) is 23.0 Å². The average molecular weight is 323 g/mol. The van der Waals surface area contributed by atoms with E-state index < -0.39 is 11.6 Å². The molecule has 2 aromatic carbocycles. The Morgan fingerprint density at radius 3 is 2.25 bits per heavy atom. The molecule has 7 heteroatoms. The highest BCUT2D eigenvalue weighted by Crippen LogP contribution is 2.23. The standard InChI is InChI=1S/C17H11F2N5/c18-13-5-2-6-14(19)17(13)24-16-8-15(21-10-22-16)23-12-4-1-3-11(7-12)9-20/h1-8,10H,(H2,21,22,23,24). The van der Waals surface area contributed by atoms with E-state index in [9.17, 15) is 8.78 Å². The van der Waals surface area contributed by atoms with Gasteiger partial charge in [0.25, 0.3) is 0 Å². The van der Waals surface area contributed by atoms with Crippen LogP contribution in [0.5, 0.6) is 0 Å². The van der Waals surface area contributed by atoms with Crippen molar-refractivity contribution in [3.05, 3.63) is 72.1 Å². The Labute approximate surface area is 136 Å². The van der Waals surface area contributed by atoms with Crippen LogP contribution in [-0.4, -0.2) is 9.97 Å². The van der Waals surface area contributed by atoms with E-state index in [-0.39, 0.29) is 11.5 Å². The lowest BCUT2D eigenvalue weighted by Gasteiger charge is -2.10. The summed E-state index contributed by atoms with van der Waals surface area (Å²) in [5.74, 6) is -0.790. The van der Waals surface area contributed by atoms with Gasteiger partial charge in [-0.05, 0) is 30.3 Å². The molecule has 0 aliphatic rings. The van der Waals surface area contributed by atoms with Crippen LogP contribution in [-0.2, 0) is 0 Å². The van der Waals surface area contributed by atoms with Gasteiger partial charge < -0.3 is 10.6 Å². The fraction of sp³-hybridized carbons (Fsp3) is 0. The molecular weight excluding hydrogens is 312 g/mol. The van der Waals surface area contributed by atoms with E-state index in [2.05, 4.69) is 20.6 Å². The monoisotopic (exact) mass is 323 g/mol. The Balaban J connectivity index is 1.83. The molecule has 0 saturated heterocycles. The Morgan fingerprint density at radius 2 is 1.54 bits per heavy atom. The Hall–Kier alpha value is -3.53. The number of hydrogen-bond donors (Lipinski definition) is 2. The van der Waals surface area contributed by atoms with Crippen LogP contribution in [0.4, 0.5) is 31.8 Å². The van der Waals surface area contributed by atoms with Crippen molar-refractivity contribution in [1.82, 2.24) is 9.97 Å². The van der Waals surface area contributed by atoms with E-state index in [0.717, 1.165) is 12.1 Å². The zero-order chi connectivity index (χ0) is 16.9. The van der Waals surface area contributed by atoms with E-state index >= 15 is 0 Å². The van der Waals surface area contributed by atoms with E-state index in [0.29, 0.717) is 17.1 Å². The topological polar surface area (TPSA) is 73.6 Å². The van der Waals surface area contributed by atoms with Crippen molar-refractivity contribution in [3.8, 4) is 6.07 Å². The van der Waals surface area contributed by atoms with Crippen molar-refractivity contribution >= 4 is 23.0 Å². The van der Waals surface area contributed by atoms with Crippen LogP contribution in [0.25, 0.3) is 0 Å². The molecule has 5 nitrogen and oxygen atoms in total. The molecule has 0 radical (unpaired) electrons. The van der Waals surface area contributed by atoms with Crippen molar-refractivity contribution < 1.29 is 8.78 Å². The molecule has 0 bridgehead atoms. The maximum Gasteiger partial charge on any atom is 0.149 e. The molecule has 1 heterocycles. The summed E-state index contributed by atoms with van der Waals surface area (Å²) >= 11 is 0. The minimum atomic E-state index is -0.718. The molecular formula is C17H11F2N5. The first-order valence-corrected chi connectivity index (χ1v) is 6.96. The molecule has 1 aromatic heterocycles. The third-order valence-corrected chi connectivity index (χ3v) is 3.15. The highest BCUT2D eigenvalue weighted by atomic mass is 19.1. The number of para-hydroxylation sites is 1. The molecule has 0 aliphatic heterocycles. The van der Waals surface area contributed by atoms with Crippen molar-refractivity contribution in [2.75, 3.05) is 10.6 Å². The number of nitrogens with zero attached hydrogens (tertiary/aromatic N) is 3. The number of halogens is 2. The Kier molecular flexibility index (Phi) is 4.29. The predicted octanol–water partition coefficient (Wildman–Crippen LogP) is 4.11. The minimum absolute atomic E-state index is 0.230. The fourth-order valence-electron chi connectivity index (χ4n) is 2.05.